The smallest absolute Gasteiger partial charge is 0.333 e. The van der Waals surface area contributed by atoms with Crippen LogP contribution in [0.15, 0.2) is 24.5 Å². The molecule has 22 heavy (non-hydrogen) atoms. The number of hydrogen-bond acceptors (Lipinski definition) is 4. The van der Waals surface area contributed by atoms with E-state index in [2.05, 4.69) is 15.4 Å². The minimum absolute atomic E-state index is 0.00809. The number of halogens is 3. The van der Waals surface area contributed by atoms with E-state index < -0.39 is 6.55 Å². The van der Waals surface area contributed by atoms with Gasteiger partial charge in [0.15, 0.2) is 0 Å². The van der Waals surface area contributed by atoms with E-state index in [9.17, 15) is 13.9 Å². The van der Waals surface area contributed by atoms with Gasteiger partial charge in [-0.05, 0) is 12.1 Å². The second kappa shape index (κ2) is 6.58. The van der Waals surface area contributed by atoms with E-state index in [4.69, 9.17) is 11.6 Å². The third-order valence-electron chi connectivity index (χ3n) is 3.14. The van der Waals surface area contributed by atoms with E-state index in [1.807, 2.05) is 13.8 Å². The van der Waals surface area contributed by atoms with Crippen molar-refractivity contribution in [2.24, 2.45) is 5.41 Å². The number of aliphatic hydroxyl groups is 1. The van der Waals surface area contributed by atoms with Crippen molar-refractivity contribution in [1.82, 2.24) is 14.8 Å². The first-order valence-corrected chi connectivity index (χ1v) is 7.04. The molecule has 0 saturated heterocycles. The minimum atomic E-state index is -2.70. The standard InChI is InChI=1S/C14H17ClF2N4O/c1-14(2,8-22)7-19-11-5-12(15)18-6-9(11)10-3-4-21(20-10)13(16)17/h3-6,13,22H,7-8H2,1-2H3,(H,18,19). The molecule has 0 bridgehead atoms. The first-order chi connectivity index (χ1) is 10.3. The summed E-state index contributed by atoms with van der Waals surface area (Å²) in [5.41, 5.74) is 1.22. The van der Waals surface area contributed by atoms with Gasteiger partial charge in [0.25, 0.3) is 0 Å². The molecule has 0 aliphatic carbocycles. The van der Waals surface area contributed by atoms with Crippen molar-refractivity contribution in [3.63, 3.8) is 0 Å². The van der Waals surface area contributed by atoms with Crippen LogP contribution in [0.5, 0.6) is 0 Å². The highest BCUT2D eigenvalue weighted by molar-refractivity contribution is 6.29. The lowest BCUT2D eigenvalue weighted by molar-refractivity contribution is 0.0568. The van der Waals surface area contributed by atoms with Gasteiger partial charge in [0, 0.05) is 42.2 Å². The maximum absolute atomic E-state index is 12.6. The van der Waals surface area contributed by atoms with Crippen LogP contribution in [0.3, 0.4) is 0 Å². The minimum Gasteiger partial charge on any atom is -0.396 e. The van der Waals surface area contributed by atoms with E-state index in [0.717, 1.165) is 0 Å². The molecule has 8 heteroatoms. The fourth-order valence-electron chi connectivity index (χ4n) is 1.76. The largest absolute Gasteiger partial charge is 0.396 e. The quantitative estimate of drug-likeness (QED) is 0.797. The molecule has 0 amide bonds. The van der Waals surface area contributed by atoms with Crippen LogP contribution in [-0.4, -0.2) is 33.0 Å². The summed E-state index contributed by atoms with van der Waals surface area (Å²) in [7, 11) is 0. The predicted molar refractivity (Wildman–Crippen MR) is 81.1 cm³/mol. The third kappa shape index (κ3) is 3.92. The Morgan fingerprint density at radius 2 is 2.18 bits per heavy atom. The van der Waals surface area contributed by atoms with Gasteiger partial charge in [-0.1, -0.05) is 25.4 Å². The normalized spacial score (nSPS) is 12.0. The van der Waals surface area contributed by atoms with Crippen LogP contribution in [0.4, 0.5) is 14.5 Å². The Labute approximate surface area is 131 Å². The monoisotopic (exact) mass is 330 g/mol. The van der Waals surface area contributed by atoms with Crippen LogP contribution in [-0.2, 0) is 0 Å². The number of nitrogens with zero attached hydrogens (tertiary/aromatic N) is 3. The van der Waals surface area contributed by atoms with Gasteiger partial charge in [-0.3, -0.25) is 0 Å². The molecule has 2 heterocycles. The number of aliphatic hydroxyl groups excluding tert-OH is 1. The Bertz CT molecular complexity index is 646. The molecule has 0 atom stereocenters. The summed E-state index contributed by atoms with van der Waals surface area (Å²) in [6.07, 6.45) is 2.69. The summed E-state index contributed by atoms with van der Waals surface area (Å²) in [5, 5.41) is 16.6. The van der Waals surface area contributed by atoms with Crippen LogP contribution < -0.4 is 5.32 Å². The molecular formula is C14H17ClF2N4O. The number of rotatable bonds is 6. The maximum Gasteiger partial charge on any atom is 0.333 e. The molecule has 2 N–H and O–H groups in total. The molecule has 5 nitrogen and oxygen atoms in total. The van der Waals surface area contributed by atoms with Crippen molar-refractivity contribution in [3.8, 4) is 11.3 Å². The Balaban J connectivity index is 2.30. The van der Waals surface area contributed by atoms with Crippen LogP contribution in [0.2, 0.25) is 5.15 Å². The van der Waals surface area contributed by atoms with Crippen LogP contribution in [0, 0.1) is 5.41 Å². The molecule has 0 radical (unpaired) electrons. The van der Waals surface area contributed by atoms with E-state index in [-0.39, 0.29) is 17.2 Å². The van der Waals surface area contributed by atoms with Crippen molar-refractivity contribution < 1.29 is 13.9 Å². The van der Waals surface area contributed by atoms with Gasteiger partial charge in [0.1, 0.15) is 5.15 Å². The zero-order chi connectivity index (χ0) is 16.3. The molecule has 2 aromatic heterocycles. The first-order valence-electron chi connectivity index (χ1n) is 6.66. The van der Waals surface area contributed by atoms with Gasteiger partial charge in [-0.2, -0.15) is 13.9 Å². The fraction of sp³-hybridized carbons (Fsp3) is 0.429. The Hall–Kier alpha value is -1.73. The van der Waals surface area contributed by atoms with E-state index in [0.29, 0.717) is 28.2 Å². The van der Waals surface area contributed by atoms with Crippen LogP contribution >= 0.6 is 11.6 Å². The number of alkyl halides is 2. The zero-order valence-electron chi connectivity index (χ0n) is 12.2. The lowest BCUT2D eigenvalue weighted by Crippen LogP contribution is -2.27. The average Bonchev–Trinajstić information content (AvgIpc) is 2.95. The second-order valence-electron chi connectivity index (χ2n) is 5.69. The number of hydrogen-bond donors (Lipinski definition) is 2. The molecule has 2 rings (SSSR count). The number of anilines is 1. The van der Waals surface area contributed by atoms with Gasteiger partial charge < -0.3 is 10.4 Å². The molecule has 0 unspecified atom stereocenters. The topological polar surface area (TPSA) is 63.0 Å². The van der Waals surface area contributed by atoms with Gasteiger partial charge >= 0.3 is 6.55 Å². The van der Waals surface area contributed by atoms with Crippen LogP contribution in [0.1, 0.15) is 20.4 Å². The summed E-state index contributed by atoms with van der Waals surface area (Å²) >= 11 is 5.90. The lowest BCUT2D eigenvalue weighted by atomic mass is 9.95. The maximum atomic E-state index is 12.6. The molecule has 0 saturated carbocycles. The highest BCUT2D eigenvalue weighted by atomic mass is 35.5. The Morgan fingerprint density at radius 1 is 1.45 bits per heavy atom. The highest BCUT2D eigenvalue weighted by Crippen LogP contribution is 2.29. The van der Waals surface area contributed by atoms with Crippen molar-refractivity contribution in [2.45, 2.75) is 20.4 Å². The van der Waals surface area contributed by atoms with Crippen LogP contribution in [0.25, 0.3) is 11.3 Å². The third-order valence-corrected chi connectivity index (χ3v) is 3.35. The van der Waals surface area contributed by atoms with Gasteiger partial charge in [-0.25, -0.2) is 9.67 Å². The van der Waals surface area contributed by atoms with Gasteiger partial charge in [0.05, 0.1) is 5.69 Å². The number of pyridine rings is 1. The van der Waals surface area contributed by atoms with Crippen molar-refractivity contribution >= 4 is 17.3 Å². The van der Waals surface area contributed by atoms with Gasteiger partial charge in [0.2, 0.25) is 0 Å². The Morgan fingerprint density at radius 3 is 2.77 bits per heavy atom. The summed E-state index contributed by atoms with van der Waals surface area (Å²) in [4.78, 5) is 3.97. The van der Waals surface area contributed by atoms with E-state index >= 15 is 0 Å². The second-order valence-corrected chi connectivity index (χ2v) is 6.07. The first kappa shape index (κ1) is 16.6. The molecule has 0 aliphatic heterocycles. The van der Waals surface area contributed by atoms with Crippen molar-refractivity contribution in [3.05, 3.63) is 29.7 Å². The molecule has 120 valence electrons. The Kier molecular flexibility index (Phi) is 4.97. The predicted octanol–water partition coefficient (Wildman–Crippen LogP) is 3.42. The van der Waals surface area contributed by atoms with Crippen molar-refractivity contribution in [1.29, 1.82) is 0 Å². The van der Waals surface area contributed by atoms with Crippen molar-refractivity contribution in [2.75, 3.05) is 18.5 Å². The van der Waals surface area contributed by atoms with E-state index in [1.54, 1.807) is 6.07 Å². The molecule has 2 aromatic rings. The lowest BCUT2D eigenvalue weighted by Gasteiger charge is -2.23. The fourth-order valence-corrected chi connectivity index (χ4v) is 1.92. The molecule has 0 fully saturated rings. The average molecular weight is 331 g/mol. The summed E-state index contributed by atoms with van der Waals surface area (Å²) in [6.45, 7) is 1.58. The highest BCUT2D eigenvalue weighted by Gasteiger charge is 2.18. The summed E-state index contributed by atoms with van der Waals surface area (Å²) < 4.78 is 25.8. The molecule has 0 aromatic carbocycles. The van der Waals surface area contributed by atoms with E-state index in [1.165, 1.54) is 18.5 Å². The SMILES string of the molecule is CC(C)(CO)CNc1cc(Cl)ncc1-c1ccn(C(F)F)n1. The zero-order valence-corrected chi connectivity index (χ0v) is 13.0. The number of aromatic nitrogens is 3. The molecule has 0 aliphatic rings. The molecule has 0 spiro atoms. The molecular weight excluding hydrogens is 314 g/mol. The summed E-state index contributed by atoms with van der Waals surface area (Å²) in [5.74, 6) is 0. The summed E-state index contributed by atoms with van der Waals surface area (Å²) in [6, 6.07) is 3.09. The number of nitrogens with one attached hydrogen (secondary N) is 1. The van der Waals surface area contributed by atoms with Gasteiger partial charge in [-0.15, -0.1) is 0 Å².